The van der Waals surface area contributed by atoms with Crippen molar-refractivity contribution in [3.05, 3.63) is 29.3 Å². The molecule has 140 valence electrons. The van der Waals surface area contributed by atoms with Gasteiger partial charge in [0.15, 0.2) is 0 Å². The largest absolute Gasteiger partial charge is 0.492 e. The number of likely N-dealkylation sites (tertiary alicyclic amines) is 1. The molecule has 0 N–H and O–H groups in total. The van der Waals surface area contributed by atoms with E-state index in [1.165, 1.54) is 12.8 Å². The first kappa shape index (κ1) is 20.1. The molecule has 1 aliphatic rings. The van der Waals surface area contributed by atoms with Gasteiger partial charge in [0.25, 0.3) is 0 Å². The molecule has 1 fully saturated rings. The summed E-state index contributed by atoms with van der Waals surface area (Å²) in [5.74, 6) is 0.665. The third-order valence-electron chi connectivity index (χ3n) is 5.14. The lowest BCUT2D eigenvalue weighted by Crippen LogP contribution is -2.52. The maximum atomic E-state index is 12.0. The van der Waals surface area contributed by atoms with Gasteiger partial charge in [0.2, 0.25) is 0 Å². The summed E-state index contributed by atoms with van der Waals surface area (Å²) in [6.45, 7) is 11.8. The predicted molar refractivity (Wildman–Crippen MR) is 102 cm³/mol. The van der Waals surface area contributed by atoms with Crippen molar-refractivity contribution in [1.82, 2.24) is 4.90 Å². The summed E-state index contributed by atoms with van der Waals surface area (Å²) in [4.78, 5) is 14.5. The second-order valence-electron chi connectivity index (χ2n) is 7.22. The molecule has 1 heterocycles. The number of esters is 1. The van der Waals surface area contributed by atoms with E-state index in [0.29, 0.717) is 24.8 Å². The highest BCUT2D eigenvalue weighted by Crippen LogP contribution is 2.35. The standard InChI is InChI=1S/C20H30ClNO3/c1-5-22-11-7-10-20(3,4)18(22)14-25-16-8-9-17(15(12-16)13-21)19(23)24-6-2/h8-9,12,18H,5-7,10-11,13-14H2,1-4H3. The number of rotatable bonds is 7. The molecular formula is C20H30ClNO3. The summed E-state index contributed by atoms with van der Waals surface area (Å²) >= 11 is 6.02. The van der Waals surface area contributed by atoms with Crippen LogP contribution in [0.15, 0.2) is 18.2 Å². The minimum Gasteiger partial charge on any atom is -0.492 e. The second kappa shape index (κ2) is 8.91. The van der Waals surface area contributed by atoms with E-state index >= 15 is 0 Å². The van der Waals surface area contributed by atoms with Crippen LogP contribution in [0, 0.1) is 5.41 Å². The molecule has 25 heavy (non-hydrogen) atoms. The van der Waals surface area contributed by atoms with Crippen LogP contribution in [0.4, 0.5) is 0 Å². The minimum absolute atomic E-state index is 0.231. The van der Waals surface area contributed by atoms with Gasteiger partial charge in [-0.1, -0.05) is 20.8 Å². The van der Waals surface area contributed by atoms with Crippen molar-refractivity contribution in [1.29, 1.82) is 0 Å². The Morgan fingerprint density at radius 3 is 2.76 bits per heavy atom. The fourth-order valence-electron chi connectivity index (χ4n) is 3.62. The van der Waals surface area contributed by atoms with Gasteiger partial charge < -0.3 is 9.47 Å². The molecule has 0 bridgehead atoms. The van der Waals surface area contributed by atoms with Crippen LogP contribution in [0.25, 0.3) is 0 Å². The zero-order valence-corrected chi connectivity index (χ0v) is 16.6. The number of halogens is 1. The Labute approximate surface area is 156 Å². The number of carbonyl (C=O) groups excluding carboxylic acids is 1. The third-order valence-corrected chi connectivity index (χ3v) is 5.43. The van der Waals surface area contributed by atoms with E-state index in [1.807, 2.05) is 12.1 Å². The van der Waals surface area contributed by atoms with Crippen molar-refractivity contribution in [3.63, 3.8) is 0 Å². The summed E-state index contributed by atoms with van der Waals surface area (Å²) in [7, 11) is 0. The zero-order valence-electron chi connectivity index (χ0n) is 15.8. The number of carbonyl (C=O) groups is 1. The molecule has 1 aromatic rings. The van der Waals surface area contributed by atoms with E-state index < -0.39 is 0 Å². The highest BCUT2D eigenvalue weighted by atomic mass is 35.5. The van der Waals surface area contributed by atoms with E-state index in [4.69, 9.17) is 21.1 Å². The van der Waals surface area contributed by atoms with Crippen molar-refractivity contribution in [2.24, 2.45) is 5.41 Å². The molecule has 1 aromatic carbocycles. The Balaban J connectivity index is 2.10. The normalized spacial score (nSPS) is 20.3. The fraction of sp³-hybridized carbons (Fsp3) is 0.650. The summed E-state index contributed by atoms with van der Waals surface area (Å²) in [5, 5.41) is 0. The Hall–Kier alpha value is -1.26. The minimum atomic E-state index is -0.338. The van der Waals surface area contributed by atoms with E-state index in [2.05, 4.69) is 25.7 Å². The van der Waals surface area contributed by atoms with Crippen LogP contribution < -0.4 is 4.74 Å². The molecule has 5 heteroatoms. The van der Waals surface area contributed by atoms with Crippen LogP contribution in [0.2, 0.25) is 0 Å². The lowest BCUT2D eigenvalue weighted by atomic mass is 9.76. The lowest BCUT2D eigenvalue weighted by Gasteiger charge is -2.46. The van der Waals surface area contributed by atoms with Crippen LogP contribution in [-0.4, -0.2) is 43.2 Å². The fourth-order valence-corrected chi connectivity index (χ4v) is 3.84. The first-order chi connectivity index (χ1) is 11.9. The quantitative estimate of drug-likeness (QED) is 0.525. The van der Waals surface area contributed by atoms with Gasteiger partial charge in [-0.15, -0.1) is 11.6 Å². The summed E-state index contributed by atoms with van der Waals surface area (Å²) in [6.07, 6.45) is 2.45. The Bertz CT molecular complexity index is 588. The van der Waals surface area contributed by atoms with Gasteiger partial charge in [0, 0.05) is 11.9 Å². The molecule has 1 unspecified atom stereocenters. The number of alkyl halides is 1. The average molecular weight is 368 g/mol. The number of nitrogens with zero attached hydrogens (tertiary/aromatic N) is 1. The first-order valence-electron chi connectivity index (χ1n) is 9.15. The van der Waals surface area contributed by atoms with Crippen LogP contribution in [-0.2, 0) is 10.6 Å². The third kappa shape index (κ3) is 4.89. The number of piperidine rings is 1. The molecular weight excluding hydrogens is 338 g/mol. The summed E-state index contributed by atoms with van der Waals surface area (Å²) in [6, 6.07) is 5.81. The van der Waals surface area contributed by atoms with E-state index in [1.54, 1.807) is 13.0 Å². The molecule has 0 aliphatic carbocycles. The topological polar surface area (TPSA) is 38.8 Å². The Morgan fingerprint density at radius 1 is 1.36 bits per heavy atom. The molecule has 0 spiro atoms. The molecule has 1 saturated heterocycles. The van der Waals surface area contributed by atoms with Gasteiger partial charge >= 0.3 is 5.97 Å². The van der Waals surface area contributed by atoms with Crippen LogP contribution in [0.5, 0.6) is 5.75 Å². The number of ether oxygens (including phenoxy) is 2. The Morgan fingerprint density at radius 2 is 2.12 bits per heavy atom. The van der Waals surface area contributed by atoms with Crippen LogP contribution in [0.3, 0.4) is 0 Å². The molecule has 1 atom stereocenters. The molecule has 0 aromatic heterocycles. The SMILES string of the molecule is CCOC(=O)c1ccc(OCC2N(CC)CCCC2(C)C)cc1CCl. The highest BCUT2D eigenvalue weighted by Gasteiger charge is 2.37. The second-order valence-corrected chi connectivity index (χ2v) is 7.49. The smallest absolute Gasteiger partial charge is 0.338 e. The van der Waals surface area contributed by atoms with Crippen molar-refractivity contribution >= 4 is 17.6 Å². The highest BCUT2D eigenvalue weighted by molar-refractivity contribution is 6.17. The number of hydrogen-bond donors (Lipinski definition) is 0. The number of benzene rings is 1. The van der Waals surface area contributed by atoms with Crippen molar-refractivity contribution in [2.75, 3.05) is 26.3 Å². The molecule has 0 amide bonds. The molecule has 2 rings (SSSR count). The van der Waals surface area contributed by atoms with Gasteiger partial charge in [-0.05, 0) is 62.0 Å². The average Bonchev–Trinajstić information content (AvgIpc) is 2.59. The molecule has 4 nitrogen and oxygen atoms in total. The van der Waals surface area contributed by atoms with Gasteiger partial charge in [0.1, 0.15) is 12.4 Å². The van der Waals surface area contributed by atoms with Crippen LogP contribution >= 0.6 is 11.6 Å². The van der Waals surface area contributed by atoms with E-state index in [0.717, 1.165) is 24.4 Å². The lowest BCUT2D eigenvalue weighted by molar-refractivity contribution is 0.0112. The number of hydrogen-bond acceptors (Lipinski definition) is 4. The van der Waals surface area contributed by atoms with Crippen LogP contribution in [0.1, 0.15) is 56.5 Å². The van der Waals surface area contributed by atoms with Gasteiger partial charge in [-0.2, -0.15) is 0 Å². The zero-order chi connectivity index (χ0) is 18.4. The molecule has 0 radical (unpaired) electrons. The van der Waals surface area contributed by atoms with Crippen molar-refractivity contribution in [3.8, 4) is 5.75 Å². The van der Waals surface area contributed by atoms with Gasteiger partial charge in [0.05, 0.1) is 12.2 Å². The summed E-state index contributed by atoms with van der Waals surface area (Å²) in [5.41, 5.74) is 1.49. The molecule has 1 aliphatic heterocycles. The maximum Gasteiger partial charge on any atom is 0.338 e. The van der Waals surface area contributed by atoms with Gasteiger partial charge in [-0.3, -0.25) is 4.90 Å². The summed E-state index contributed by atoms with van der Waals surface area (Å²) < 4.78 is 11.2. The Kier molecular flexibility index (Phi) is 7.14. The monoisotopic (exact) mass is 367 g/mol. The maximum absolute atomic E-state index is 12.0. The predicted octanol–water partition coefficient (Wildman–Crippen LogP) is 4.49. The molecule has 0 saturated carbocycles. The first-order valence-corrected chi connectivity index (χ1v) is 9.69. The van der Waals surface area contributed by atoms with Crippen molar-refractivity contribution < 1.29 is 14.3 Å². The van der Waals surface area contributed by atoms with E-state index in [9.17, 15) is 4.79 Å². The van der Waals surface area contributed by atoms with Gasteiger partial charge in [-0.25, -0.2) is 4.79 Å². The van der Waals surface area contributed by atoms with Crippen molar-refractivity contribution in [2.45, 2.75) is 52.5 Å². The van der Waals surface area contributed by atoms with E-state index in [-0.39, 0.29) is 17.3 Å². The number of likely N-dealkylation sites (N-methyl/N-ethyl adjacent to an activating group) is 1.